The fraction of sp³-hybridized carbons (Fsp3) is 0.538. The third-order valence-electron chi connectivity index (χ3n) is 5.41. The minimum absolute atomic E-state index is 0.0372. The van der Waals surface area contributed by atoms with Gasteiger partial charge in [-0.05, 0) is 52.4 Å². The number of unbranched alkanes of at least 4 members (excludes halogenated alkanes) is 5. The van der Waals surface area contributed by atoms with Crippen LogP contribution in [0.15, 0.2) is 59.1 Å². The average molecular weight is 431 g/mol. The van der Waals surface area contributed by atoms with E-state index in [0.717, 1.165) is 58.3 Å². The van der Waals surface area contributed by atoms with Crippen LogP contribution < -0.4 is 0 Å². The molecule has 5 heteroatoms. The van der Waals surface area contributed by atoms with Crippen LogP contribution in [0, 0.1) is 0 Å². The number of aliphatic hydroxyl groups is 3. The first-order valence-electron chi connectivity index (χ1n) is 11.3. The summed E-state index contributed by atoms with van der Waals surface area (Å²) in [7, 11) is 0. The molecule has 0 saturated carbocycles. The Morgan fingerprint density at radius 3 is 2.10 bits per heavy atom. The maximum absolute atomic E-state index is 12.4. The molecule has 172 valence electrons. The molecule has 31 heavy (non-hydrogen) atoms. The van der Waals surface area contributed by atoms with Crippen LogP contribution in [0.25, 0.3) is 0 Å². The number of aliphatic hydroxyl groups excluding tert-OH is 2. The maximum atomic E-state index is 12.4. The predicted octanol–water partition coefficient (Wildman–Crippen LogP) is 6.12. The van der Waals surface area contributed by atoms with Crippen LogP contribution in [-0.2, 0) is 9.59 Å². The molecule has 3 N–H and O–H groups in total. The molecule has 0 aromatic rings. The van der Waals surface area contributed by atoms with Crippen molar-refractivity contribution in [3.8, 4) is 0 Å². The number of carbonyl (C=O) groups is 2. The number of allylic oxidation sites excluding steroid dienone is 7. The van der Waals surface area contributed by atoms with E-state index in [-0.39, 0.29) is 12.0 Å². The highest BCUT2D eigenvalue weighted by Crippen LogP contribution is 2.33. The maximum Gasteiger partial charge on any atom is 0.209 e. The topological polar surface area (TPSA) is 94.8 Å². The number of Topliss-reactive ketones (excluding diaryl/α,β-unsaturated/α-hetero) is 2. The van der Waals surface area contributed by atoms with Gasteiger partial charge in [0.05, 0.1) is 0 Å². The summed E-state index contributed by atoms with van der Waals surface area (Å²) in [5, 5.41) is 30.1. The van der Waals surface area contributed by atoms with E-state index in [4.69, 9.17) is 0 Å². The first kappa shape index (κ1) is 26.6. The summed E-state index contributed by atoms with van der Waals surface area (Å²) in [6.45, 7) is 4.63. The normalized spacial score (nSPS) is 20.2. The van der Waals surface area contributed by atoms with Crippen LogP contribution in [0.3, 0.4) is 0 Å². The molecule has 0 saturated heterocycles. The third kappa shape index (κ3) is 8.33. The Morgan fingerprint density at radius 1 is 0.903 bits per heavy atom. The molecular formula is C26H38O5. The molecule has 0 fully saturated rings. The van der Waals surface area contributed by atoms with Gasteiger partial charge in [0.1, 0.15) is 17.1 Å². The smallest absolute Gasteiger partial charge is 0.209 e. The van der Waals surface area contributed by atoms with Crippen LogP contribution in [0.2, 0.25) is 0 Å². The van der Waals surface area contributed by atoms with Gasteiger partial charge in [-0.1, -0.05) is 62.6 Å². The Kier molecular flexibility index (Phi) is 11.9. The fourth-order valence-electron chi connectivity index (χ4n) is 3.41. The molecule has 0 aromatic carbocycles. The SMILES string of the molecule is CC/C=C\C/C=C\C/C=C\CCCCCCCC(=O)C1=C(O)C(C)=C(O)[C@](C)(O)C1=O. The van der Waals surface area contributed by atoms with Gasteiger partial charge in [0.25, 0.3) is 0 Å². The van der Waals surface area contributed by atoms with Crippen molar-refractivity contribution in [3.63, 3.8) is 0 Å². The van der Waals surface area contributed by atoms with Crippen LogP contribution in [0.5, 0.6) is 0 Å². The van der Waals surface area contributed by atoms with E-state index in [1.807, 2.05) is 0 Å². The number of ketones is 2. The molecule has 1 rings (SSSR count). The highest BCUT2D eigenvalue weighted by molar-refractivity contribution is 6.25. The second kappa shape index (κ2) is 13.8. The Labute approximate surface area is 186 Å². The van der Waals surface area contributed by atoms with Crippen molar-refractivity contribution in [2.24, 2.45) is 0 Å². The molecule has 0 bridgehead atoms. The zero-order valence-corrected chi connectivity index (χ0v) is 19.2. The summed E-state index contributed by atoms with van der Waals surface area (Å²) in [6.07, 6.45) is 22.0. The third-order valence-corrected chi connectivity index (χ3v) is 5.41. The molecule has 0 aromatic heterocycles. The molecule has 1 aliphatic carbocycles. The van der Waals surface area contributed by atoms with Gasteiger partial charge < -0.3 is 15.3 Å². The zero-order chi connectivity index (χ0) is 23.3. The minimum atomic E-state index is -2.17. The lowest BCUT2D eigenvalue weighted by atomic mass is 9.81. The summed E-state index contributed by atoms with van der Waals surface area (Å²) < 4.78 is 0. The van der Waals surface area contributed by atoms with Crippen LogP contribution >= 0.6 is 0 Å². The van der Waals surface area contributed by atoms with Gasteiger partial charge in [-0.25, -0.2) is 0 Å². The molecule has 0 aliphatic heterocycles. The Bertz CT molecular complexity index is 763. The molecule has 0 amide bonds. The predicted molar refractivity (Wildman–Crippen MR) is 125 cm³/mol. The molecule has 0 radical (unpaired) electrons. The van der Waals surface area contributed by atoms with Crippen LogP contribution in [0.1, 0.15) is 85.0 Å². The minimum Gasteiger partial charge on any atom is -0.508 e. The van der Waals surface area contributed by atoms with Gasteiger partial charge >= 0.3 is 0 Å². The standard InChI is InChI=1S/C26H38O5/c1-4-5-6-7-8-9-10-11-12-13-14-15-16-17-18-19-21(27)22-23(28)20(2)24(29)26(3,31)25(22)30/h5-6,8-9,11-12,28-29,31H,4,7,10,13-19H2,1-3H3/b6-5-,9-8-,12-11-/t26-/m0/s1. The largest absolute Gasteiger partial charge is 0.508 e. The van der Waals surface area contributed by atoms with E-state index in [0.29, 0.717) is 6.42 Å². The van der Waals surface area contributed by atoms with E-state index in [2.05, 4.69) is 43.4 Å². The zero-order valence-electron chi connectivity index (χ0n) is 19.2. The van der Waals surface area contributed by atoms with Crippen molar-refractivity contribution >= 4 is 11.6 Å². The summed E-state index contributed by atoms with van der Waals surface area (Å²) >= 11 is 0. The first-order chi connectivity index (χ1) is 14.7. The molecule has 0 heterocycles. The Hall–Kier alpha value is -2.40. The van der Waals surface area contributed by atoms with Gasteiger partial charge in [0, 0.05) is 12.0 Å². The van der Waals surface area contributed by atoms with E-state index in [1.165, 1.54) is 6.92 Å². The van der Waals surface area contributed by atoms with Crippen molar-refractivity contribution in [1.29, 1.82) is 0 Å². The quantitative estimate of drug-likeness (QED) is 0.175. The number of hydrogen-bond donors (Lipinski definition) is 3. The van der Waals surface area contributed by atoms with Gasteiger partial charge in [-0.15, -0.1) is 0 Å². The molecule has 1 aliphatic rings. The van der Waals surface area contributed by atoms with Crippen molar-refractivity contribution < 1.29 is 24.9 Å². The lowest BCUT2D eigenvalue weighted by Crippen LogP contribution is -2.44. The van der Waals surface area contributed by atoms with Gasteiger partial charge in [-0.3, -0.25) is 9.59 Å². The monoisotopic (exact) mass is 430 g/mol. The van der Waals surface area contributed by atoms with E-state index >= 15 is 0 Å². The van der Waals surface area contributed by atoms with Gasteiger partial charge in [0.2, 0.25) is 5.78 Å². The molecule has 1 atom stereocenters. The summed E-state index contributed by atoms with van der Waals surface area (Å²) in [5.74, 6) is -2.58. The van der Waals surface area contributed by atoms with Crippen LogP contribution in [0.4, 0.5) is 0 Å². The highest BCUT2D eigenvalue weighted by Gasteiger charge is 2.45. The lowest BCUT2D eigenvalue weighted by molar-refractivity contribution is -0.133. The Morgan fingerprint density at radius 2 is 1.45 bits per heavy atom. The first-order valence-corrected chi connectivity index (χ1v) is 11.3. The fourth-order valence-corrected chi connectivity index (χ4v) is 3.41. The van der Waals surface area contributed by atoms with Crippen molar-refractivity contribution in [3.05, 3.63) is 59.1 Å². The molecule has 5 nitrogen and oxygen atoms in total. The van der Waals surface area contributed by atoms with E-state index in [9.17, 15) is 24.9 Å². The number of rotatable bonds is 14. The number of carbonyl (C=O) groups excluding carboxylic acids is 2. The summed E-state index contributed by atoms with van der Waals surface area (Å²) in [4.78, 5) is 24.7. The number of hydrogen-bond acceptors (Lipinski definition) is 5. The van der Waals surface area contributed by atoms with Crippen molar-refractivity contribution in [2.45, 2.75) is 90.6 Å². The summed E-state index contributed by atoms with van der Waals surface area (Å²) in [6, 6.07) is 0. The van der Waals surface area contributed by atoms with Gasteiger partial charge in [-0.2, -0.15) is 0 Å². The summed E-state index contributed by atoms with van der Waals surface area (Å²) in [5.41, 5.74) is -2.61. The van der Waals surface area contributed by atoms with Gasteiger partial charge in [0.15, 0.2) is 11.4 Å². The van der Waals surface area contributed by atoms with Crippen LogP contribution in [-0.4, -0.2) is 32.5 Å². The molecule has 0 unspecified atom stereocenters. The lowest BCUT2D eigenvalue weighted by Gasteiger charge is -2.28. The molecule has 0 spiro atoms. The van der Waals surface area contributed by atoms with Crippen molar-refractivity contribution in [2.75, 3.05) is 0 Å². The van der Waals surface area contributed by atoms with Crippen molar-refractivity contribution in [1.82, 2.24) is 0 Å². The molecular weight excluding hydrogens is 392 g/mol. The van der Waals surface area contributed by atoms with E-state index in [1.54, 1.807) is 0 Å². The average Bonchev–Trinajstić information content (AvgIpc) is 2.74. The highest BCUT2D eigenvalue weighted by atomic mass is 16.3. The second-order valence-electron chi connectivity index (χ2n) is 8.12. The van der Waals surface area contributed by atoms with E-state index < -0.39 is 34.3 Å². The Balaban J connectivity index is 2.23. The second-order valence-corrected chi connectivity index (χ2v) is 8.12.